The predicted octanol–water partition coefficient (Wildman–Crippen LogP) is 2.93. The lowest BCUT2D eigenvalue weighted by Gasteiger charge is -2.16. The van der Waals surface area contributed by atoms with Crippen LogP contribution >= 0.6 is 23.5 Å². The van der Waals surface area contributed by atoms with Gasteiger partial charge in [0.05, 0.1) is 10.8 Å². The van der Waals surface area contributed by atoms with Gasteiger partial charge in [-0.1, -0.05) is 36.0 Å². The van der Waals surface area contributed by atoms with Crippen LogP contribution in [-0.4, -0.2) is 41.6 Å². The maximum Gasteiger partial charge on any atom is 0.151 e. The number of nitrogens with one attached hydrogen (secondary N) is 2. The molecule has 1 aromatic carbocycles. The van der Waals surface area contributed by atoms with Gasteiger partial charge in [-0.15, -0.1) is 11.8 Å². The summed E-state index contributed by atoms with van der Waals surface area (Å²) in [6.07, 6.45) is 3.41. The standard InChI is InChI=1S/C16H25N3O2S3/c1-12(17)23-15(8-10-24(2,20)21)11-14-5-3-13(4-6-14)7-9-22-16(18)19/h3-6,15,17H,7-11H2,1-2H3,(H3,18,19)/t15-/m1/s1. The highest BCUT2D eigenvalue weighted by Gasteiger charge is 2.15. The number of thioether (sulfide) groups is 2. The smallest absolute Gasteiger partial charge is 0.151 e. The lowest BCUT2D eigenvalue weighted by Crippen LogP contribution is -2.15. The summed E-state index contributed by atoms with van der Waals surface area (Å²) in [6.45, 7) is 1.73. The molecule has 0 bridgehead atoms. The molecule has 0 saturated heterocycles. The Bertz CT molecular complexity index is 658. The van der Waals surface area contributed by atoms with Crippen LogP contribution in [-0.2, 0) is 22.7 Å². The fourth-order valence-corrected chi connectivity index (χ4v) is 4.61. The van der Waals surface area contributed by atoms with Crippen LogP contribution < -0.4 is 5.73 Å². The van der Waals surface area contributed by atoms with Crippen LogP contribution in [0.4, 0.5) is 0 Å². The van der Waals surface area contributed by atoms with E-state index in [1.54, 1.807) is 6.92 Å². The third-order valence-corrected chi connectivity index (χ3v) is 6.07. The van der Waals surface area contributed by atoms with Crippen molar-refractivity contribution >= 4 is 43.6 Å². The second-order valence-corrected chi connectivity index (χ2v) is 10.6. The Morgan fingerprint density at radius 1 is 1.21 bits per heavy atom. The van der Waals surface area contributed by atoms with E-state index in [-0.39, 0.29) is 16.2 Å². The Hall–Kier alpha value is -0.990. The van der Waals surface area contributed by atoms with Gasteiger partial charge in [0.15, 0.2) is 5.17 Å². The van der Waals surface area contributed by atoms with Crippen LogP contribution in [0, 0.1) is 10.8 Å². The molecule has 8 heteroatoms. The van der Waals surface area contributed by atoms with E-state index < -0.39 is 9.84 Å². The number of sulfone groups is 1. The summed E-state index contributed by atoms with van der Waals surface area (Å²) in [7, 11) is -2.98. The van der Waals surface area contributed by atoms with Gasteiger partial charge in [-0.2, -0.15) is 0 Å². The third-order valence-electron chi connectivity index (χ3n) is 3.29. The molecule has 24 heavy (non-hydrogen) atoms. The molecular weight excluding hydrogens is 362 g/mol. The molecule has 0 fully saturated rings. The first kappa shape index (κ1) is 21.1. The number of aryl methyl sites for hydroxylation is 1. The van der Waals surface area contributed by atoms with Gasteiger partial charge >= 0.3 is 0 Å². The topological polar surface area (TPSA) is 108 Å². The zero-order valence-corrected chi connectivity index (χ0v) is 16.5. The quantitative estimate of drug-likeness (QED) is 0.446. The highest BCUT2D eigenvalue weighted by atomic mass is 32.2. The molecule has 0 unspecified atom stereocenters. The Kier molecular flexibility index (Phi) is 8.86. The molecule has 0 radical (unpaired) electrons. The normalized spacial score (nSPS) is 12.8. The van der Waals surface area contributed by atoms with Crippen LogP contribution in [0.5, 0.6) is 0 Å². The molecule has 1 aromatic rings. The van der Waals surface area contributed by atoms with Gasteiger partial charge in [0.1, 0.15) is 9.84 Å². The van der Waals surface area contributed by atoms with E-state index in [2.05, 4.69) is 24.3 Å². The number of hydrogen-bond donors (Lipinski definition) is 3. The first-order valence-corrected chi connectivity index (χ1v) is 11.5. The van der Waals surface area contributed by atoms with E-state index in [0.29, 0.717) is 11.5 Å². The Morgan fingerprint density at radius 2 is 1.79 bits per heavy atom. The summed E-state index contributed by atoms with van der Waals surface area (Å²) in [6, 6.07) is 8.24. The Balaban J connectivity index is 2.61. The molecule has 0 saturated carbocycles. The average Bonchev–Trinajstić information content (AvgIpc) is 2.45. The van der Waals surface area contributed by atoms with Gasteiger partial charge in [0.2, 0.25) is 0 Å². The van der Waals surface area contributed by atoms with E-state index in [1.807, 2.05) is 0 Å². The molecule has 0 aromatic heterocycles. The summed E-state index contributed by atoms with van der Waals surface area (Å²) in [5, 5.41) is 15.6. The van der Waals surface area contributed by atoms with Crippen LogP contribution in [0.15, 0.2) is 24.3 Å². The summed E-state index contributed by atoms with van der Waals surface area (Å²) in [5.74, 6) is 0.937. The molecule has 0 aliphatic heterocycles. The zero-order chi connectivity index (χ0) is 18.2. The molecule has 4 N–H and O–H groups in total. The van der Waals surface area contributed by atoms with Gasteiger partial charge in [0.25, 0.3) is 0 Å². The van der Waals surface area contributed by atoms with Crippen molar-refractivity contribution in [2.75, 3.05) is 17.8 Å². The van der Waals surface area contributed by atoms with Gasteiger partial charge in [-0.25, -0.2) is 8.42 Å². The average molecular weight is 388 g/mol. The Morgan fingerprint density at radius 3 is 2.29 bits per heavy atom. The highest BCUT2D eigenvalue weighted by molar-refractivity contribution is 8.14. The molecule has 1 atom stereocenters. The van der Waals surface area contributed by atoms with E-state index in [1.165, 1.54) is 35.3 Å². The zero-order valence-electron chi connectivity index (χ0n) is 14.0. The van der Waals surface area contributed by atoms with Crippen molar-refractivity contribution in [3.05, 3.63) is 35.4 Å². The van der Waals surface area contributed by atoms with Crippen molar-refractivity contribution in [1.29, 1.82) is 10.8 Å². The molecule has 0 spiro atoms. The third kappa shape index (κ3) is 10.00. The van der Waals surface area contributed by atoms with E-state index >= 15 is 0 Å². The molecule has 134 valence electrons. The number of hydrogen-bond acceptors (Lipinski definition) is 6. The molecule has 0 aliphatic rings. The van der Waals surface area contributed by atoms with Crippen LogP contribution in [0.2, 0.25) is 0 Å². The van der Waals surface area contributed by atoms with Crippen molar-refractivity contribution in [2.45, 2.75) is 31.4 Å². The van der Waals surface area contributed by atoms with Crippen molar-refractivity contribution in [3.63, 3.8) is 0 Å². The van der Waals surface area contributed by atoms with Crippen molar-refractivity contribution in [2.24, 2.45) is 5.73 Å². The second kappa shape index (κ2) is 10.1. The second-order valence-electron chi connectivity index (χ2n) is 5.70. The van der Waals surface area contributed by atoms with Crippen LogP contribution in [0.1, 0.15) is 24.5 Å². The van der Waals surface area contributed by atoms with Gasteiger partial charge in [-0.3, -0.25) is 10.8 Å². The monoisotopic (exact) mass is 387 g/mol. The van der Waals surface area contributed by atoms with Gasteiger partial charge in [-0.05, 0) is 37.3 Å². The molecule has 0 aliphatic carbocycles. The van der Waals surface area contributed by atoms with Gasteiger partial charge in [0, 0.05) is 17.3 Å². The van der Waals surface area contributed by atoms with E-state index in [9.17, 15) is 8.42 Å². The number of rotatable bonds is 9. The number of nitrogens with two attached hydrogens (primary N) is 1. The molecule has 0 heterocycles. The molecule has 5 nitrogen and oxygen atoms in total. The Labute approximate surface area is 153 Å². The largest absolute Gasteiger partial charge is 0.379 e. The van der Waals surface area contributed by atoms with Crippen LogP contribution in [0.25, 0.3) is 0 Å². The fraction of sp³-hybridized carbons (Fsp3) is 0.500. The number of amidine groups is 1. The highest BCUT2D eigenvalue weighted by Crippen LogP contribution is 2.22. The van der Waals surface area contributed by atoms with Gasteiger partial charge < -0.3 is 5.73 Å². The minimum atomic E-state index is -2.98. The summed E-state index contributed by atoms with van der Waals surface area (Å²) >= 11 is 2.77. The summed E-state index contributed by atoms with van der Waals surface area (Å²) in [4.78, 5) is 0. The van der Waals surface area contributed by atoms with Crippen molar-refractivity contribution in [3.8, 4) is 0 Å². The van der Waals surface area contributed by atoms with Crippen molar-refractivity contribution in [1.82, 2.24) is 0 Å². The SMILES string of the molecule is CC(=N)S[C@H](CCS(C)(=O)=O)Cc1ccc(CCSC(=N)N)cc1. The number of benzene rings is 1. The van der Waals surface area contributed by atoms with E-state index in [0.717, 1.165) is 24.2 Å². The first-order valence-electron chi connectivity index (χ1n) is 7.60. The molecule has 0 amide bonds. The van der Waals surface area contributed by atoms with Crippen molar-refractivity contribution < 1.29 is 8.42 Å². The predicted molar refractivity (Wildman–Crippen MR) is 107 cm³/mol. The minimum Gasteiger partial charge on any atom is -0.379 e. The fourth-order valence-electron chi connectivity index (χ4n) is 2.18. The summed E-state index contributed by atoms with van der Waals surface area (Å²) < 4.78 is 22.8. The van der Waals surface area contributed by atoms with E-state index in [4.69, 9.17) is 16.6 Å². The minimum absolute atomic E-state index is 0.0938. The summed E-state index contributed by atoms with van der Waals surface area (Å²) in [5.41, 5.74) is 7.65. The lowest BCUT2D eigenvalue weighted by molar-refractivity contribution is 0.598. The molecular formula is C16H25N3O2S3. The lowest BCUT2D eigenvalue weighted by atomic mass is 10.1. The van der Waals surface area contributed by atoms with Crippen LogP contribution in [0.3, 0.4) is 0 Å². The molecule has 1 rings (SSSR count). The maximum absolute atomic E-state index is 11.4. The maximum atomic E-state index is 11.4. The first-order chi connectivity index (χ1) is 11.2.